The second-order valence-corrected chi connectivity index (χ2v) is 7.36. The molecule has 26 heavy (non-hydrogen) atoms. The van der Waals surface area contributed by atoms with E-state index in [2.05, 4.69) is 17.5 Å². The molecular weight excluding hydrogens is 375 g/mol. The fraction of sp³-hybridized carbons (Fsp3) is 0.263. The Bertz CT molecular complexity index is 929. The van der Waals surface area contributed by atoms with Crippen molar-refractivity contribution in [1.29, 1.82) is 0 Å². The third kappa shape index (κ3) is 2.72. The van der Waals surface area contributed by atoms with Crippen LogP contribution in [-0.2, 0) is 0 Å². The third-order valence-electron chi connectivity index (χ3n) is 5.14. The third-order valence-corrected chi connectivity index (χ3v) is 5.66. The van der Waals surface area contributed by atoms with E-state index in [0.717, 1.165) is 23.2 Å². The van der Waals surface area contributed by atoms with Crippen molar-refractivity contribution in [3.63, 3.8) is 0 Å². The van der Waals surface area contributed by atoms with Crippen LogP contribution < -0.4 is 10.1 Å². The van der Waals surface area contributed by atoms with Gasteiger partial charge in [0, 0.05) is 17.0 Å². The fourth-order valence-electron chi connectivity index (χ4n) is 3.99. The van der Waals surface area contributed by atoms with Crippen molar-refractivity contribution in [2.75, 3.05) is 12.4 Å². The molecule has 2 aromatic carbocycles. The number of nitrogens with one attached hydrogen (secondary N) is 1. The maximum absolute atomic E-state index is 11.4. The summed E-state index contributed by atoms with van der Waals surface area (Å²) in [4.78, 5) is 11.0. The molecule has 0 spiro atoms. The first-order valence-electron chi connectivity index (χ1n) is 8.24. The van der Waals surface area contributed by atoms with Crippen LogP contribution in [0.2, 0.25) is 10.0 Å². The van der Waals surface area contributed by atoms with Crippen LogP contribution in [0.3, 0.4) is 0 Å². The second kappa shape index (κ2) is 6.49. The van der Waals surface area contributed by atoms with Gasteiger partial charge in [-0.2, -0.15) is 0 Å². The molecule has 3 atom stereocenters. The first kappa shape index (κ1) is 17.2. The standard InChI is InChI=1S/C19H16Cl2N2O3/c1-26-17-6-5-10(7-16(17)23(24)25)18-13-4-2-3-12(13)14-8-11(20)9-15(21)19(14)22-18/h2-3,5-9,12-13,18,22H,4H2,1H3/t12-,13+,18+/m1/s1. The SMILES string of the molecule is COc1ccc([C@@H]2Nc3c(Cl)cc(Cl)cc3[C@@H]3C=CC[C@@H]32)cc1[N+](=O)[O-]. The molecule has 0 bridgehead atoms. The maximum atomic E-state index is 11.4. The number of nitro benzene ring substituents is 1. The lowest BCUT2D eigenvalue weighted by molar-refractivity contribution is -0.385. The van der Waals surface area contributed by atoms with E-state index in [0.29, 0.717) is 10.0 Å². The number of halogens is 2. The van der Waals surface area contributed by atoms with E-state index in [4.69, 9.17) is 27.9 Å². The lowest BCUT2D eigenvalue weighted by Gasteiger charge is -2.38. The van der Waals surface area contributed by atoms with Crippen LogP contribution in [0, 0.1) is 16.0 Å². The zero-order valence-corrected chi connectivity index (χ0v) is 15.4. The predicted molar refractivity (Wildman–Crippen MR) is 102 cm³/mol. The molecule has 0 saturated heterocycles. The van der Waals surface area contributed by atoms with Gasteiger partial charge in [0.2, 0.25) is 0 Å². The summed E-state index contributed by atoms with van der Waals surface area (Å²) in [5.41, 5.74) is 2.71. The number of nitro groups is 1. The zero-order valence-electron chi connectivity index (χ0n) is 13.9. The van der Waals surface area contributed by atoms with Crippen LogP contribution in [0.1, 0.15) is 29.5 Å². The van der Waals surface area contributed by atoms with E-state index in [1.165, 1.54) is 7.11 Å². The van der Waals surface area contributed by atoms with E-state index in [1.54, 1.807) is 18.2 Å². The van der Waals surface area contributed by atoms with Crippen LogP contribution in [-0.4, -0.2) is 12.0 Å². The van der Waals surface area contributed by atoms with Crippen LogP contribution >= 0.6 is 23.2 Å². The smallest absolute Gasteiger partial charge is 0.311 e. The molecule has 134 valence electrons. The topological polar surface area (TPSA) is 64.4 Å². The Hall–Kier alpha value is -2.24. The summed E-state index contributed by atoms with van der Waals surface area (Å²) in [5.74, 6) is 0.666. The highest BCUT2D eigenvalue weighted by Gasteiger charge is 2.39. The van der Waals surface area contributed by atoms with Gasteiger partial charge in [0.05, 0.1) is 28.8 Å². The summed E-state index contributed by atoms with van der Waals surface area (Å²) in [6, 6.07) is 8.66. The number of hydrogen-bond acceptors (Lipinski definition) is 4. The molecule has 1 heterocycles. The molecule has 0 amide bonds. The van der Waals surface area contributed by atoms with Crippen molar-refractivity contribution in [1.82, 2.24) is 0 Å². The van der Waals surface area contributed by atoms with Crippen molar-refractivity contribution < 1.29 is 9.66 Å². The monoisotopic (exact) mass is 390 g/mol. The van der Waals surface area contributed by atoms with Gasteiger partial charge in [0.15, 0.2) is 5.75 Å². The Morgan fingerprint density at radius 2 is 2.08 bits per heavy atom. The highest BCUT2D eigenvalue weighted by atomic mass is 35.5. The Morgan fingerprint density at radius 3 is 2.81 bits per heavy atom. The van der Waals surface area contributed by atoms with Crippen molar-refractivity contribution in [3.8, 4) is 5.75 Å². The molecule has 5 nitrogen and oxygen atoms in total. The summed E-state index contributed by atoms with van der Waals surface area (Å²) in [6.45, 7) is 0. The number of hydrogen-bond donors (Lipinski definition) is 1. The van der Waals surface area contributed by atoms with Gasteiger partial charge >= 0.3 is 5.69 Å². The number of allylic oxidation sites excluding steroid dienone is 2. The minimum Gasteiger partial charge on any atom is -0.490 e. The van der Waals surface area contributed by atoms with Gasteiger partial charge in [0.1, 0.15) is 0 Å². The number of nitrogens with zero attached hydrogens (tertiary/aromatic N) is 1. The molecule has 0 unspecified atom stereocenters. The van der Waals surface area contributed by atoms with Gasteiger partial charge in [-0.15, -0.1) is 0 Å². The molecule has 1 aliphatic carbocycles. The molecule has 4 rings (SSSR count). The van der Waals surface area contributed by atoms with Crippen LogP contribution in [0.5, 0.6) is 5.75 Å². The molecule has 0 radical (unpaired) electrons. The molecule has 0 aromatic heterocycles. The fourth-order valence-corrected chi connectivity index (χ4v) is 4.56. The summed E-state index contributed by atoms with van der Waals surface area (Å²) in [5, 5.41) is 16.0. The van der Waals surface area contributed by atoms with Gasteiger partial charge in [-0.25, -0.2) is 0 Å². The molecular formula is C19H16Cl2N2O3. The van der Waals surface area contributed by atoms with E-state index in [1.807, 2.05) is 12.1 Å². The van der Waals surface area contributed by atoms with Crippen molar-refractivity contribution in [3.05, 3.63) is 73.8 Å². The zero-order chi connectivity index (χ0) is 18.4. The Labute approximate surface area is 160 Å². The number of fused-ring (bicyclic) bond motifs is 3. The highest BCUT2D eigenvalue weighted by molar-refractivity contribution is 6.36. The average Bonchev–Trinajstić information content (AvgIpc) is 3.10. The van der Waals surface area contributed by atoms with Crippen LogP contribution in [0.15, 0.2) is 42.5 Å². The van der Waals surface area contributed by atoms with Gasteiger partial charge in [-0.3, -0.25) is 10.1 Å². The van der Waals surface area contributed by atoms with Crippen LogP contribution in [0.25, 0.3) is 0 Å². The van der Waals surface area contributed by atoms with E-state index in [-0.39, 0.29) is 29.3 Å². The quantitative estimate of drug-likeness (QED) is 0.412. The number of methoxy groups -OCH3 is 1. The summed E-state index contributed by atoms with van der Waals surface area (Å²) in [6.07, 6.45) is 5.19. The highest BCUT2D eigenvalue weighted by Crippen LogP contribution is 2.52. The van der Waals surface area contributed by atoms with E-state index >= 15 is 0 Å². The summed E-state index contributed by atoms with van der Waals surface area (Å²) < 4.78 is 5.11. The predicted octanol–water partition coefficient (Wildman–Crippen LogP) is 5.74. The number of ether oxygens (including phenoxy) is 1. The van der Waals surface area contributed by atoms with Gasteiger partial charge in [-0.05, 0) is 41.7 Å². The van der Waals surface area contributed by atoms with Gasteiger partial charge in [0.25, 0.3) is 0 Å². The average molecular weight is 391 g/mol. The van der Waals surface area contributed by atoms with Crippen LogP contribution in [0.4, 0.5) is 11.4 Å². The molecule has 0 saturated carbocycles. The minimum atomic E-state index is -0.420. The Balaban J connectivity index is 1.81. The lowest BCUT2D eigenvalue weighted by atomic mass is 9.77. The van der Waals surface area contributed by atoms with Crippen molar-refractivity contribution in [2.24, 2.45) is 5.92 Å². The van der Waals surface area contributed by atoms with E-state index < -0.39 is 4.92 Å². The summed E-state index contributed by atoms with van der Waals surface area (Å²) >= 11 is 12.6. The van der Waals surface area contributed by atoms with Gasteiger partial charge < -0.3 is 10.1 Å². The first-order valence-corrected chi connectivity index (χ1v) is 8.99. The maximum Gasteiger partial charge on any atom is 0.311 e. The van der Waals surface area contributed by atoms with Gasteiger partial charge in [-0.1, -0.05) is 41.4 Å². The number of anilines is 1. The number of benzene rings is 2. The lowest BCUT2D eigenvalue weighted by Crippen LogP contribution is -2.29. The molecule has 0 fully saturated rings. The molecule has 2 aromatic rings. The largest absolute Gasteiger partial charge is 0.490 e. The molecule has 1 aliphatic heterocycles. The molecule has 7 heteroatoms. The van der Waals surface area contributed by atoms with E-state index in [9.17, 15) is 10.1 Å². The second-order valence-electron chi connectivity index (χ2n) is 6.52. The minimum absolute atomic E-state index is 0.0395. The Morgan fingerprint density at radius 1 is 1.27 bits per heavy atom. The van der Waals surface area contributed by atoms with Crippen molar-refractivity contribution >= 4 is 34.6 Å². The molecule has 1 N–H and O–H groups in total. The van der Waals surface area contributed by atoms with Crippen molar-refractivity contribution in [2.45, 2.75) is 18.4 Å². The first-order chi connectivity index (χ1) is 12.5. The summed E-state index contributed by atoms with van der Waals surface area (Å²) in [7, 11) is 1.43. The normalized spacial score (nSPS) is 23.1. The Kier molecular flexibility index (Phi) is 4.29. The molecule has 2 aliphatic rings. The number of rotatable bonds is 3.